The Balaban J connectivity index is 1.89. The third-order valence-corrected chi connectivity index (χ3v) is 3.22. The number of nitrogens with zero attached hydrogens (tertiary/aromatic N) is 3. The summed E-state index contributed by atoms with van der Waals surface area (Å²) in [6.07, 6.45) is 0.0752. The van der Waals surface area contributed by atoms with E-state index in [1.54, 1.807) is 12.1 Å². The number of carbonyl (C=O) groups is 1. The van der Waals surface area contributed by atoms with Gasteiger partial charge in [0.2, 0.25) is 0 Å². The molecule has 0 atom stereocenters. The van der Waals surface area contributed by atoms with E-state index in [1.807, 2.05) is 48.5 Å². The van der Waals surface area contributed by atoms with Crippen LogP contribution in [0.1, 0.15) is 10.6 Å². The zero-order valence-corrected chi connectivity index (χ0v) is 11.8. The lowest BCUT2D eigenvalue weighted by atomic mass is 10.3. The summed E-state index contributed by atoms with van der Waals surface area (Å²) in [6.45, 7) is -0.108. The van der Waals surface area contributed by atoms with Crippen molar-refractivity contribution in [2.24, 2.45) is 0 Å². The molecule has 0 fully saturated rings. The normalized spacial score (nSPS) is 10.3. The largest absolute Gasteiger partial charge is 0.484 e. The van der Waals surface area contributed by atoms with Gasteiger partial charge in [-0.15, -0.1) is 0 Å². The molecule has 0 spiro atoms. The topological polar surface area (TPSA) is 67.9 Å². The summed E-state index contributed by atoms with van der Waals surface area (Å²) in [6, 6.07) is 18.5. The summed E-state index contributed by atoms with van der Waals surface area (Å²) in [7, 11) is 0. The standard InChI is InChI=1S/C17H13N3O2/c18-11-10-16-19-14-8-4-5-9-15(14)20(16)17(21)12-22-13-6-2-1-3-7-13/h1-9H,10,12H2. The van der Waals surface area contributed by atoms with Gasteiger partial charge in [-0.1, -0.05) is 30.3 Å². The van der Waals surface area contributed by atoms with Crippen LogP contribution in [0.4, 0.5) is 0 Å². The van der Waals surface area contributed by atoms with Crippen LogP contribution in [-0.2, 0) is 6.42 Å². The molecule has 0 N–H and O–H groups in total. The molecule has 0 bridgehead atoms. The molecule has 0 radical (unpaired) electrons. The highest BCUT2D eigenvalue weighted by Gasteiger charge is 2.16. The van der Waals surface area contributed by atoms with Gasteiger partial charge in [-0.05, 0) is 24.3 Å². The number of aromatic nitrogens is 2. The second-order valence-electron chi connectivity index (χ2n) is 4.68. The number of carbonyl (C=O) groups excluding carboxylic acids is 1. The molecule has 0 aliphatic heterocycles. The Morgan fingerprint density at radius 1 is 1.14 bits per heavy atom. The van der Waals surface area contributed by atoms with Crippen molar-refractivity contribution in [1.82, 2.24) is 9.55 Å². The highest BCUT2D eigenvalue weighted by atomic mass is 16.5. The summed E-state index contributed by atoms with van der Waals surface area (Å²) >= 11 is 0. The van der Waals surface area contributed by atoms with E-state index < -0.39 is 0 Å². The third-order valence-electron chi connectivity index (χ3n) is 3.22. The fraction of sp³-hybridized carbons (Fsp3) is 0.118. The monoisotopic (exact) mass is 291 g/mol. The van der Waals surface area contributed by atoms with Crippen molar-refractivity contribution < 1.29 is 9.53 Å². The number of nitriles is 1. The van der Waals surface area contributed by atoms with E-state index in [4.69, 9.17) is 10.00 Å². The van der Waals surface area contributed by atoms with Gasteiger partial charge in [0.05, 0.1) is 23.5 Å². The molecule has 1 heterocycles. The maximum atomic E-state index is 12.5. The molecule has 0 aliphatic carbocycles. The maximum Gasteiger partial charge on any atom is 0.270 e. The zero-order chi connectivity index (χ0) is 15.4. The molecule has 108 valence electrons. The molecule has 0 saturated heterocycles. The van der Waals surface area contributed by atoms with Crippen LogP contribution in [0, 0.1) is 11.3 Å². The summed E-state index contributed by atoms with van der Waals surface area (Å²) in [5.41, 5.74) is 1.38. The van der Waals surface area contributed by atoms with Gasteiger partial charge in [0.1, 0.15) is 11.6 Å². The van der Waals surface area contributed by atoms with E-state index in [1.165, 1.54) is 4.57 Å². The SMILES string of the molecule is N#CCc1nc2ccccc2n1C(=O)COc1ccccc1. The second kappa shape index (κ2) is 6.10. The number of benzene rings is 2. The molecular weight excluding hydrogens is 278 g/mol. The average molecular weight is 291 g/mol. The van der Waals surface area contributed by atoms with Crippen LogP contribution in [0.3, 0.4) is 0 Å². The molecule has 5 nitrogen and oxygen atoms in total. The predicted molar refractivity (Wildman–Crippen MR) is 81.6 cm³/mol. The van der Waals surface area contributed by atoms with E-state index >= 15 is 0 Å². The van der Waals surface area contributed by atoms with Crippen LogP contribution in [0.25, 0.3) is 11.0 Å². The molecule has 1 aromatic heterocycles. The van der Waals surface area contributed by atoms with Gasteiger partial charge in [0, 0.05) is 0 Å². The number of para-hydroxylation sites is 3. The molecule has 3 aromatic rings. The molecule has 2 aromatic carbocycles. The van der Waals surface area contributed by atoms with Crippen molar-refractivity contribution >= 4 is 16.9 Å². The molecule has 0 saturated carbocycles. The Morgan fingerprint density at radius 3 is 2.64 bits per heavy atom. The van der Waals surface area contributed by atoms with Crippen molar-refractivity contribution in [3.8, 4) is 11.8 Å². The van der Waals surface area contributed by atoms with E-state index in [0.29, 0.717) is 22.6 Å². The van der Waals surface area contributed by atoms with Crippen molar-refractivity contribution in [2.75, 3.05) is 6.61 Å². The van der Waals surface area contributed by atoms with Gasteiger partial charge in [0.15, 0.2) is 6.61 Å². The van der Waals surface area contributed by atoms with Crippen LogP contribution >= 0.6 is 0 Å². The van der Waals surface area contributed by atoms with Crippen LogP contribution in [0.2, 0.25) is 0 Å². The Kier molecular flexibility index (Phi) is 3.84. The van der Waals surface area contributed by atoms with Gasteiger partial charge in [-0.2, -0.15) is 5.26 Å². The van der Waals surface area contributed by atoms with E-state index in [9.17, 15) is 4.79 Å². The molecule has 0 amide bonds. The van der Waals surface area contributed by atoms with Crippen molar-refractivity contribution in [3.63, 3.8) is 0 Å². The van der Waals surface area contributed by atoms with Gasteiger partial charge in [0.25, 0.3) is 5.91 Å². The molecule has 3 rings (SSSR count). The van der Waals surface area contributed by atoms with Crippen molar-refractivity contribution in [3.05, 3.63) is 60.4 Å². The highest BCUT2D eigenvalue weighted by molar-refractivity contribution is 5.92. The Bertz CT molecular complexity index is 847. The van der Waals surface area contributed by atoms with Crippen LogP contribution in [0.5, 0.6) is 5.75 Å². The summed E-state index contributed by atoms with van der Waals surface area (Å²) in [4.78, 5) is 16.8. The van der Waals surface area contributed by atoms with E-state index in [2.05, 4.69) is 4.98 Å². The van der Waals surface area contributed by atoms with E-state index in [0.717, 1.165) is 0 Å². The highest BCUT2D eigenvalue weighted by Crippen LogP contribution is 2.17. The lowest BCUT2D eigenvalue weighted by molar-refractivity contribution is 0.0839. The van der Waals surface area contributed by atoms with Crippen molar-refractivity contribution in [1.29, 1.82) is 5.26 Å². The van der Waals surface area contributed by atoms with Crippen LogP contribution in [0.15, 0.2) is 54.6 Å². The molecular formula is C17H13N3O2. The molecule has 0 unspecified atom stereocenters. The minimum atomic E-state index is -0.247. The van der Waals surface area contributed by atoms with Gasteiger partial charge in [-0.3, -0.25) is 9.36 Å². The minimum Gasteiger partial charge on any atom is -0.484 e. The average Bonchev–Trinajstić information content (AvgIpc) is 2.92. The number of hydrogen-bond donors (Lipinski definition) is 0. The van der Waals surface area contributed by atoms with Crippen LogP contribution in [-0.4, -0.2) is 22.1 Å². The first-order valence-electron chi connectivity index (χ1n) is 6.84. The van der Waals surface area contributed by atoms with Crippen molar-refractivity contribution in [2.45, 2.75) is 6.42 Å². The minimum absolute atomic E-state index is 0.0752. The third kappa shape index (κ3) is 2.67. The molecule has 5 heteroatoms. The van der Waals surface area contributed by atoms with Crippen LogP contribution < -0.4 is 4.74 Å². The Morgan fingerprint density at radius 2 is 1.86 bits per heavy atom. The first-order chi connectivity index (χ1) is 10.8. The van der Waals surface area contributed by atoms with Gasteiger partial charge in [-0.25, -0.2) is 4.98 Å². The fourth-order valence-electron chi connectivity index (χ4n) is 2.27. The number of ether oxygens (including phenoxy) is 1. The number of hydrogen-bond acceptors (Lipinski definition) is 4. The van der Waals surface area contributed by atoms with Gasteiger partial charge < -0.3 is 4.74 Å². The predicted octanol–water partition coefficient (Wildman–Crippen LogP) is 2.82. The summed E-state index contributed by atoms with van der Waals surface area (Å²) < 4.78 is 6.95. The lowest BCUT2D eigenvalue weighted by Crippen LogP contribution is -2.21. The molecule has 0 aliphatic rings. The number of imidazole rings is 1. The maximum absolute atomic E-state index is 12.5. The van der Waals surface area contributed by atoms with E-state index in [-0.39, 0.29) is 18.9 Å². The lowest BCUT2D eigenvalue weighted by Gasteiger charge is -2.08. The molecule has 22 heavy (non-hydrogen) atoms. The number of fused-ring (bicyclic) bond motifs is 1. The number of rotatable bonds is 4. The van der Waals surface area contributed by atoms with Gasteiger partial charge >= 0.3 is 0 Å². The zero-order valence-electron chi connectivity index (χ0n) is 11.8. The quantitative estimate of drug-likeness (QED) is 0.741. The Hall–Kier alpha value is -3.13. The first kappa shape index (κ1) is 13.8. The summed E-state index contributed by atoms with van der Waals surface area (Å²) in [5.74, 6) is 0.815. The smallest absolute Gasteiger partial charge is 0.270 e. The fourth-order valence-corrected chi connectivity index (χ4v) is 2.27. The Labute approximate surface area is 127 Å². The summed E-state index contributed by atoms with van der Waals surface area (Å²) in [5, 5.41) is 8.91. The second-order valence-corrected chi connectivity index (χ2v) is 4.68. The first-order valence-corrected chi connectivity index (χ1v) is 6.84.